The van der Waals surface area contributed by atoms with Crippen LogP contribution in [0.5, 0.6) is 17.2 Å². The maximum atomic E-state index is 11.1. The van der Waals surface area contributed by atoms with Gasteiger partial charge < -0.3 is 24.1 Å². The van der Waals surface area contributed by atoms with Crippen molar-refractivity contribution < 1.29 is 28.8 Å². The van der Waals surface area contributed by atoms with E-state index < -0.39 is 6.10 Å². The van der Waals surface area contributed by atoms with Gasteiger partial charge in [-0.15, -0.1) is 0 Å². The van der Waals surface area contributed by atoms with Gasteiger partial charge in [0.1, 0.15) is 18.5 Å². The molecule has 6 heteroatoms. The Morgan fingerprint density at radius 1 is 1.33 bits per heavy atom. The van der Waals surface area contributed by atoms with Crippen LogP contribution in [0.25, 0.3) is 0 Å². The van der Waals surface area contributed by atoms with Crippen LogP contribution in [0.2, 0.25) is 0 Å². The van der Waals surface area contributed by atoms with E-state index in [0.717, 1.165) is 12.8 Å². The zero-order chi connectivity index (χ0) is 15.1. The molecule has 2 rings (SSSR count). The molecule has 0 saturated carbocycles. The molecule has 1 aliphatic heterocycles. The van der Waals surface area contributed by atoms with Crippen LogP contribution in [-0.4, -0.2) is 44.1 Å². The predicted molar refractivity (Wildman–Crippen MR) is 75.2 cm³/mol. The molecule has 1 N–H and O–H groups in total. The lowest BCUT2D eigenvalue weighted by Gasteiger charge is -2.14. The van der Waals surface area contributed by atoms with Gasteiger partial charge >= 0.3 is 0 Å². The molecule has 1 heterocycles. The summed E-state index contributed by atoms with van der Waals surface area (Å²) < 4.78 is 21.2. The van der Waals surface area contributed by atoms with Crippen LogP contribution < -0.4 is 14.2 Å². The van der Waals surface area contributed by atoms with Crippen molar-refractivity contribution in [3.63, 3.8) is 0 Å². The fourth-order valence-electron chi connectivity index (χ4n) is 1.86. The van der Waals surface area contributed by atoms with E-state index in [-0.39, 0.29) is 20.0 Å². The summed E-state index contributed by atoms with van der Waals surface area (Å²) in [7, 11) is 0. The van der Waals surface area contributed by atoms with Crippen LogP contribution in [-0.2, 0) is 4.74 Å². The molecule has 1 aromatic carbocycles. The Labute approximate surface area is 123 Å². The number of carbonyl (C=O) groups is 1. The quantitative estimate of drug-likeness (QED) is 0.553. The number of aldehydes is 1. The second kappa shape index (κ2) is 7.85. The van der Waals surface area contributed by atoms with Crippen LogP contribution >= 0.6 is 0 Å². The van der Waals surface area contributed by atoms with E-state index in [9.17, 15) is 9.90 Å². The molecule has 0 saturated heterocycles. The van der Waals surface area contributed by atoms with Gasteiger partial charge in [0.25, 0.3) is 0 Å². The van der Waals surface area contributed by atoms with Crippen LogP contribution in [0, 0.1) is 0 Å². The smallest absolute Gasteiger partial charge is 0.231 e. The monoisotopic (exact) mass is 296 g/mol. The summed E-state index contributed by atoms with van der Waals surface area (Å²) >= 11 is 0. The zero-order valence-electron chi connectivity index (χ0n) is 12.0. The van der Waals surface area contributed by atoms with E-state index in [2.05, 4.69) is 6.92 Å². The lowest BCUT2D eigenvalue weighted by molar-refractivity contribution is 0.0112. The Hall–Kier alpha value is -1.79. The highest BCUT2D eigenvalue weighted by atomic mass is 16.7. The lowest BCUT2D eigenvalue weighted by atomic mass is 10.2. The summed E-state index contributed by atoms with van der Waals surface area (Å²) in [6.07, 6.45) is 1.95. The van der Waals surface area contributed by atoms with E-state index in [1.54, 1.807) is 12.1 Å². The molecule has 0 spiro atoms. The van der Waals surface area contributed by atoms with Gasteiger partial charge in [-0.05, 0) is 12.5 Å². The van der Waals surface area contributed by atoms with E-state index >= 15 is 0 Å². The minimum Gasteiger partial charge on any atom is -0.490 e. The molecular formula is C15H20O6. The Morgan fingerprint density at radius 3 is 2.81 bits per heavy atom. The number of unbranched alkanes of at least 4 members (excludes halogenated alkanes) is 1. The first-order chi connectivity index (χ1) is 10.2. The highest BCUT2D eigenvalue weighted by Gasteiger charge is 2.18. The number of rotatable bonds is 9. The van der Waals surface area contributed by atoms with Gasteiger partial charge in [-0.2, -0.15) is 0 Å². The molecular weight excluding hydrogens is 276 g/mol. The second-order valence-corrected chi connectivity index (χ2v) is 4.75. The number of aliphatic hydroxyl groups is 1. The van der Waals surface area contributed by atoms with Crippen LogP contribution in [0.3, 0.4) is 0 Å². The van der Waals surface area contributed by atoms with E-state index in [1.165, 1.54) is 0 Å². The fraction of sp³-hybridized carbons (Fsp3) is 0.533. The lowest BCUT2D eigenvalue weighted by Crippen LogP contribution is -2.24. The number of ether oxygens (including phenoxy) is 4. The van der Waals surface area contributed by atoms with Crippen molar-refractivity contribution >= 4 is 6.29 Å². The maximum absolute atomic E-state index is 11.1. The van der Waals surface area contributed by atoms with Gasteiger partial charge in [-0.25, -0.2) is 0 Å². The molecule has 1 aromatic rings. The van der Waals surface area contributed by atoms with Crippen molar-refractivity contribution in [3.05, 3.63) is 17.7 Å². The van der Waals surface area contributed by atoms with Crippen LogP contribution in [0.4, 0.5) is 0 Å². The largest absolute Gasteiger partial charge is 0.490 e. The summed E-state index contributed by atoms with van der Waals surface area (Å²) in [5.74, 6) is 1.42. The van der Waals surface area contributed by atoms with Crippen molar-refractivity contribution in [2.45, 2.75) is 25.9 Å². The van der Waals surface area contributed by atoms with Gasteiger partial charge in [0, 0.05) is 12.7 Å². The summed E-state index contributed by atoms with van der Waals surface area (Å²) in [4.78, 5) is 11.1. The van der Waals surface area contributed by atoms with E-state index in [4.69, 9.17) is 18.9 Å². The first-order valence-electron chi connectivity index (χ1n) is 7.02. The number of aliphatic hydroxyl groups excluding tert-OH is 1. The highest BCUT2D eigenvalue weighted by Crippen LogP contribution is 2.37. The maximum Gasteiger partial charge on any atom is 0.231 e. The third kappa shape index (κ3) is 4.34. The summed E-state index contributed by atoms with van der Waals surface area (Å²) in [5.41, 5.74) is 0.360. The molecule has 1 atom stereocenters. The molecule has 21 heavy (non-hydrogen) atoms. The fourth-order valence-corrected chi connectivity index (χ4v) is 1.86. The van der Waals surface area contributed by atoms with Crippen molar-refractivity contribution in [2.75, 3.05) is 26.6 Å². The van der Waals surface area contributed by atoms with Crippen molar-refractivity contribution in [2.24, 2.45) is 0 Å². The summed E-state index contributed by atoms with van der Waals surface area (Å²) in [5, 5.41) is 9.77. The average Bonchev–Trinajstić information content (AvgIpc) is 2.95. The molecule has 0 amide bonds. The van der Waals surface area contributed by atoms with Crippen LogP contribution in [0.1, 0.15) is 30.1 Å². The molecule has 0 bridgehead atoms. The normalized spacial score (nSPS) is 14.0. The summed E-state index contributed by atoms with van der Waals surface area (Å²) in [6.45, 7) is 3.08. The van der Waals surface area contributed by atoms with Crippen molar-refractivity contribution in [3.8, 4) is 17.2 Å². The third-order valence-corrected chi connectivity index (χ3v) is 3.02. The SMILES string of the molecule is CCCCOCC(O)COc1cc2c(cc1C=O)OCO2. The molecule has 0 aromatic heterocycles. The Kier molecular flexibility index (Phi) is 5.83. The Bertz CT molecular complexity index is 473. The minimum absolute atomic E-state index is 0.0482. The highest BCUT2D eigenvalue weighted by molar-refractivity contribution is 5.81. The van der Waals surface area contributed by atoms with Gasteiger partial charge in [-0.1, -0.05) is 13.3 Å². The molecule has 1 unspecified atom stereocenters. The van der Waals surface area contributed by atoms with Gasteiger partial charge in [0.05, 0.1) is 12.2 Å². The number of fused-ring (bicyclic) bond motifs is 1. The first-order valence-corrected chi connectivity index (χ1v) is 7.02. The van der Waals surface area contributed by atoms with E-state index in [1.807, 2.05) is 0 Å². The average molecular weight is 296 g/mol. The third-order valence-electron chi connectivity index (χ3n) is 3.02. The molecule has 0 fully saturated rings. The van der Waals surface area contributed by atoms with E-state index in [0.29, 0.717) is 35.7 Å². The van der Waals surface area contributed by atoms with Crippen LogP contribution in [0.15, 0.2) is 12.1 Å². The zero-order valence-corrected chi connectivity index (χ0v) is 12.0. The molecule has 6 nitrogen and oxygen atoms in total. The molecule has 116 valence electrons. The predicted octanol–water partition coefficient (Wildman–Crippen LogP) is 1.78. The van der Waals surface area contributed by atoms with Gasteiger partial charge in [-0.3, -0.25) is 4.79 Å². The Balaban J connectivity index is 1.86. The number of carbonyl (C=O) groups excluding carboxylic acids is 1. The topological polar surface area (TPSA) is 74.2 Å². The van der Waals surface area contributed by atoms with Crippen molar-refractivity contribution in [1.29, 1.82) is 0 Å². The second-order valence-electron chi connectivity index (χ2n) is 4.75. The minimum atomic E-state index is -0.744. The molecule has 1 aliphatic rings. The van der Waals surface area contributed by atoms with Crippen molar-refractivity contribution in [1.82, 2.24) is 0 Å². The number of benzene rings is 1. The first kappa shape index (κ1) is 15.6. The Morgan fingerprint density at radius 2 is 2.10 bits per heavy atom. The summed E-state index contributed by atoms with van der Waals surface area (Å²) in [6, 6.07) is 3.16. The number of hydrogen-bond donors (Lipinski definition) is 1. The van der Waals surface area contributed by atoms with Gasteiger partial charge in [0.2, 0.25) is 6.79 Å². The van der Waals surface area contributed by atoms with Gasteiger partial charge in [0.15, 0.2) is 17.8 Å². The standard InChI is InChI=1S/C15H20O6/c1-2-3-4-18-8-12(17)9-19-13-6-15-14(20-10-21-15)5-11(13)7-16/h5-7,12,17H,2-4,8-10H2,1H3. The molecule has 0 radical (unpaired) electrons. The number of hydrogen-bond acceptors (Lipinski definition) is 6. The molecule has 0 aliphatic carbocycles.